The largest absolute Gasteiger partial charge is 0.473 e. The van der Waals surface area contributed by atoms with Crippen molar-refractivity contribution in [2.75, 3.05) is 19.7 Å². The summed E-state index contributed by atoms with van der Waals surface area (Å²) in [5, 5.41) is 1.23. The molecule has 0 amide bonds. The summed E-state index contributed by atoms with van der Waals surface area (Å²) in [6.45, 7) is 5.09. The second kappa shape index (κ2) is 9.83. The smallest absolute Gasteiger partial charge is 0.213 e. The average Bonchev–Trinajstić information content (AvgIpc) is 3.54. The van der Waals surface area contributed by atoms with Crippen LogP contribution in [0.25, 0.3) is 11.0 Å². The molecule has 38 heavy (non-hydrogen) atoms. The summed E-state index contributed by atoms with van der Waals surface area (Å²) < 4.78 is 14.2. The Morgan fingerprint density at radius 2 is 1.95 bits per heavy atom. The number of rotatable bonds is 8. The average molecular weight is 550 g/mol. The minimum absolute atomic E-state index is 0.160. The van der Waals surface area contributed by atoms with Crippen LogP contribution < -0.4 is 4.74 Å². The molecule has 0 N–H and O–H groups in total. The number of hydrogen-bond acceptors (Lipinski definition) is 5. The van der Waals surface area contributed by atoms with Crippen LogP contribution in [-0.4, -0.2) is 45.2 Å². The number of piperidine rings is 1. The van der Waals surface area contributed by atoms with Gasteiger partial charge in [0, 0.05) is 40.2 Å². The second-order valence-electron chi connectivity index (χ2n) is 10.8. The van der Waals surface area contributed by atoms with E-state index in [1.165, 1.54) is 11.9 Å². The maximum absolute atomic E-state index is 6.32. The van der Waals surface area contributed by atoms with Crippen molar-refractivity contribution in [2.45, 2.75) is 50.5 Å². The molecule has 2 aliphatic heterocycles. The molecule has 3 fully saturated rings. The van der Waals surface area contributed by atoms with E-state index in [-0.39, 0.29) is 5.41 Å². The van der Waals surface area contributed by atoms with Crippen molar-refractivity contribution in [1.29, 1.82) is 0 Å². The lowest BCUT2D eigenvalue weighted by Crippen LogP contribution is -2.37. The zero-order valence-corrected chi connectivity index (χ0v) is 22.7. The number of nitrogens with zero attached hydrogens (tertiary/aromatic N) is 4. The van der Waals surface area contributed by atoms with Crippen LogP contribution in [0.2, 0.25) is 10.0 Å². The van der Waals surface area contributed by atoms with E-state index in [1.807, 2.05) is 18.2 Å². The fourth-order valence-electron chi connectivity index (χ4n) is 6.12. The van der Waals surface area contributed by atoms with Crippen molar-refractivity contribution in [3.05, 3.63) is 87.8 Å². The van der Waals surface area contributed by atoms with Gasteiger partial charge in [0.05, 0.1) is 35.9 Å². The number of fused-ring (bicyclic) bond motifs is 2. The van der Waals surface area contributed by atoms with E-state index in [0.717, 1.165) is 68.2 Å². The summed E-state index contributed by atoms with van der Waals surface area (Å²) in [5.41, 5.74) is 4.48. The fourth-order valence-corrected chi connectivity index (χ4v) is 6.58. The Morgan fingerprint density at radius 1 is 1.05 bits per heavy atom. The van der Waals surface area contributed by atoms with Gasteiger partial charge in [-0.05, 0) is 62.1 Å². The van der Waals surface area contributed by atoms with Crippen LogP contribution in [0.3, 0.4) is 0 Å². The first-order valence-corrected chi connectivity index (χ1v) is 14.2. The van der Waals surface area contributed by atoms with Gasteiger partial charge < -0.3 is 14.0 Å². The molecule has 0 spiro atoms. The second-order valence-corrected chi connectivity index (χ2v) is 11.7. The molecule has 2 saturated heterocycles. The topological polar surface area (TPSA) is 52.4 Å². The number of benzene rings is 2. The van der Waals surface area contributed by atoms with E-state index in [2.05, 4.69) is 45.9 Å². The van der Waals surface area contributed by atoms with E-state index in [1.54, 1.807) is 6.07 Å². The van der Waals surface area contributed by atoms with Gasteiger partial charge in [-0.15, -0.1) is 0 Å². The van der Waals surface area contributed by atoms with Crippen LogP contribution in [0, 0.1) is 5.92 Å². The van der Waals surface area contributed by atoms with E-state index >= 15 is 0 Å². The minimum Gasteiger partial charge on any atom is -0.473 e. The van der Waals surface area contributed by atoms with Gasteiger partial charge in [0.1, 0.15) is 12.4 Å². The Kier molecular flexibility index (Phi) is 6.31. The summed E-state index contributed by atoms with van der Waals surface area (Å²) in [5.74, 6) is 2.39. The molecule has 7 rings (SSSR count). The lowest BCUT2D eigenvalue weighted by atomic mass is 9.91. The Balaban J connectivity index is 1.03. The maximum atomic E-state index is 6.32. The molecule has 1 aliphatic carbocycles. The Hall–Kier alpha value is -2.64. The Labute approximate surface area is 232 Å². The van der Waals surface area contributed by atoms with Gasteiger partial charge >= 0.3 is 0 Å². The lowest BCUT2D eigenvalue weighted by molar-refractivity contribution is -0.0592. The van der Waals surface area contributed by atoms with Crippen LogP contribution in [-0.2, 0) is 29.8 Å². The van der Waals surface area contributed by atoms with Gasteiger partial charge in [-0.25, -0.2) is 9.97 Å². The molecule has 0 radical (unpaired) electrons. The van der Waals surface area contributed by atoms with Crippen molar-refractivity contribution in [3.8, 4) is 5.88 Å². The molecule has 8 heteroatoms. The maximum Gasteiger partial charge on any atom is 0.213 e. The molecular weight excluding hydrogens is 519 g/mol. The quantitative estimate of drug-likeness (QED) is 0.259. The van der Waals surface area contributed by atoms with Crippen molar-refractivity contribution in [2.24, 2.45) is 5.92 Å². The third-order valence-corrected chi connectivity index (χ3v) is 9.07. The normalized spacial score (nSPS) is 24.7. The summed E-state index contributed by atoms with van der Waals surface area (Å²) in [6, 6.07) is 20.1. The third-order valence-electron chi connectivity index (χ3n) is 8.49. The molecule has 0 bridgehead atoms. The number of halogens is 2. The molecule has 2 aromatic heterocycles. The lowest BCUT2D eigenvalue weighted by Gasteiger charge is -2.32. The van der Waals surface area contributed by atoms with Gasteiger partial charge in [0.2, 0.25) is 5.88 Å². The standard InChI is InChI=1S/C30H30Cl2N4O2/c31-22-9-8-20(24(32)14-22)19-38-29-7-3-6-27(34-29)30-11-12-35(16-21(30)15-30)18-28-33-25-4-1-2-5-26(25)36(28)17-23-10-13-37-23/h1-9,14,21,23H,10-13,15-19H2/t21-,23?,30+/m0/s1. The predicted molar refractivity (Wildman–Crippen MR) is 149 cm³/mol. The van der Waals surface area contributed by atoms with Gasteiger partial charge in [0.15, 0.2) is 0 Å². The molecule has 2 aromatic carbocycles. The molecule has 6 nitrogen and oxygen atoms in total. The minimum atomic E-state index is 0.160. The summed E-state index contributed by atoms with van der Waals surface area (Å²) in [4.78, 5) is 12.5. The van der Waals surface area contributed by atoms with Crippen LogP contribution in [0.5, 0.6) is 5.88 Å². The fraction of sp³-hybridized carbons (Fsp3) is 0.400. The summed E-state index contributed by atoms with van der Waals surface area (Å²) >= 11 is 12.3. The van der Waals surface area contributed by atoms with Crippen LogP contribution in [0.4, 0.5) is 0 Å². The molecule has 4 heterocycles. The first-order chi connectivity index (χ1) is 18.6. The zero-order chi connectivity index (χ0) is 25.7. The Morgan fingerprint density at radius 3 is 2.76 bits per heavy atom. The summed E-state index contributed by atoms with van der Waals surface area (Å²) in [6.07, 6.45) is 3.71. The van der Waals surface area contributed by atoms with Crippen LogP contribution in [0.1, 0.15) is 36.3 Å². The number of ether oxygens (including phenoxy) is 2. The monoisotopic (exact) mass is 548 g/mol. The van der Waals surface area contributed by atoms with Crippen LogP contribution in [0.15, 0.2) is 60.7 Å². The van der Waals surface area contributed by atoms with E-state index < -0.39 is 0 Å². The number of imidazole rings is 1. The highest BCUT2D eigenvalue weighted by Crippen LogP contribution is 2.59. The number of aromatic nitrogens is 3. The van der Waals surface area contributed by atoms with Crippen molar-refractivity contribution < 1.29 is 9.47 Å². The van der Waals surface area contributed by atoms with E-state index in [0.29, 0.717) is 34.6 Å². The Bertz CT molecular complexity index is 1490. The highest BCUT2D eigenvalue weighted by atomic mass is 35.5. The SMILES string of the molecule is Clc1ccc(COc2cccc([C@@]34CCN(Cc5nc6ccccc6n5CC5CCO5)C[C@@H]3C4)n2)c(Cl)c1. The molecule has 3 atom stereocenters. The van der Waals surface area contributed by atoms with E-state index in [9.17, 15) is 0 Å². The zero-order valence-electron chi connectivity index (χ0n) is 21.2. The van der Waals surface area contributed by atoms with Crippen molar-refractivity contribution in [1.82, 2.24) is 19.4 Å². The van der Waals surface area contributed by atoms with Crippen molar-refractivity contribution in [3.63, 3.8) is 0 Å². The summed E-state index contributed by atoms with van der Waals surface area (Å²) in [7, 11) is 0. The number of hydrogen-bond donors (Lipinski definition) is 0. The molecular formula is C30H30Cl2N4O2. The number of pyridine rings is 1. The highest BCUT2D eigenvalue weighted by molar-refractivity contribution is 6.35. The molecule has 3 aliphatic rings. The van der Waals surface area contributed by atoms with Crippen LogP contribution >= 0.6 is 23.2 Å². The van der Waals surface area contributed by atoms with Gasteiger partial charge in [-0.2, -0.15) is 0 Å². The predicted octanol–water partition coefficient (Wildman–Crippen LogP) is 6.27. The first kappa shape index (κ1) is 24.4. The molecule has 196 valence electrons. The molecule has 4 aromatic rings. The highest BCUT2D eigenvalue weighted by Gasteiger charge is 2.58. The molecule has 1 saturated carbocycles. The first-order valence-electron chi connectivity index (χ1n) is 13.4. The van der Waals surface area contributed by atoms with Gasteiger partial charge in [-0.1, -0.05) is 47.5 Å². The third kappa shape index (κ3) is 4.58. The van der Waals surface area contributed by atoms with Gasteiger partial charge in [-0.3, -0.25) is 4.90 Å². The van der Waals surface area contributed by atoms with Crippen molar-refractivity contribution >= 4 is 34.2 Å². The number of para-hydroxylation sites is 2. The van der Waals surface area contributed by atoms with E-state index in [4.69, 9.17) is 42.6 Å². The number of likely N-dealkylation sites (tertiary alicyclic amines) is 1. The van der Waals surface area contributed by atoms with Gasteiger partial charge in [0.25, 0.3) is 0 Å². The molecule has 1 unspecified atom stereocenters.